The van der Waals surface area contributed by atoms with Crippen LogP contribution >= 0.6 is 11.3 Å². The Labute approximate surface area is 103 Å². The topological polar surface area (TPSA) is 64.2 Å². The zero-order chi connectivity index (χ0) is 12.3. The summed E-state index contributed by atoms with van der Waals surface area (Å²) >= 11 is 1.63. The van der Waals surface area contributed by atoms with E-state index in [-0.39, 0.29) is 12.5 Å². The molecule has 2 aromatic heterocycles. The highest BCUT2D eigenvalue weighted by Gasteiger charge is 2.10. The number of thiophene rings is 1. The normalized spacial score (nSPS) is 10.4. The first-order chi connectivity index (χ1) is 8.15. The van der Waals surface area contributed by atoms with Gasteiger partial charge in [0.1, 0.15) is 6.54 Å². The minimum Gasteiger partial charge on any atom is -0.396 e. The third-order valence-electron chi connectivity index (χ3n) is 2.38. The number of hydrogen-bond acceptors (Lipinski definition) is 4. The third-order valence-corrected chi connectivity index (χ3v) is 3.11. The molecule has 0 aromatic carbocycles. The standard InChI is InChI=1S/C11H14N4OS/c1-14(5-9-2-3-17-8-9)11(16)7-15-6-10(12)4-13-15/h2-4,6,8H,5,7,12H2,1H3. The van der Waals surface area contributed by atoms with Gasteiger partial charge < -0.3 is 10.6 Å². The van der Waals surface area contributed by atoms with Crippen LogP contribution in [0.1, 0.15) is 5.56 Å². The van der Waals surface area contributed by atoms with E-state index in [4.69, 9.17) is 5.73 Å². The Morgan fingerprint density at radius 3 is 3.06 bits per heavy atom. The second-order valence-electron chi connectivity index (χ2n) is 3.85. The van der Waals surface area contributed by atoms with Gasteiger partial charge in [-0.25, -0.2) is 0 Å². The SMILES string of the molecule is CN(Cc1ccsc1)C(=O)Cn1cc(N)cn1. The summed E-state index contributed by atoms with van der Waals surface area (Å²) in [5.41, 5.74) is 7.25. The minimum atomic E-state index is 0.0132. The Morgan fingerprint density at radius 1 is 1.65 bits per heavy atom. The van der Waals surface area contributed by atoms with E-state index >= 15 is 0 Å². The minimum absolute atomic E-state index is 0.0132. The van der Waals surface area contributed by atoms with Crippen molar-refractivity contribution in [2.45, 2.75) is 13.1 Å². The maximum Gasteiger partial charge on any atom is 0.244 e. The first kappa shape index (κ1) is 11.7. The van der Waals surface area contributed by atoms with Crippen molar-refractivity contribution in [1.29, 1.82) is 0 Å². The maximum atomic E-state index is 11.9. The molecule has 0 aliphatic heterocycles. The van der Waals surface area contributed by atoms with Crippen molar-refractivity contribution < 1.29 is 4.79 Å². The molecular formula is C11H14N4OS. The van der Waals surface area contributed by atoms with Gasteiger partial charge in [0.2, 0.25) is 5.91 Å². The molecule has 1 amide bonds. The molecule has 0 atom stereocenters. The van der Waals surface area contributed by atoms with Gasteiger partial charge in [0.05, 0.1) is 11.9 Å². The van der Waals surface area contributed by atoms with Crippen molar-refractivity contribution in [1.82, 2.24) is 14.7 Å². The molecule has 0 radical (unpaired) electrons. The molecule has 2 N–H and O–H groups in total. The van der Waals surface area contributed by atoms with Gasteiger partial charge in [0, 0.05) is 19.8 Å². The van der Waals surface area contributed by atoms with Crippen LogP contribution in [0.15, 0.2) is 29.2 Å². The molecule has 2 rings (SSSR count). The Morgan fingerprint density at radius 2 is 2.47 bits per heavy atom. The largest absolute Gasteiger partial charge is 0.396 e. The summed E-state index contributed by atoms with van der Waals surface area (Å²) < 4.78 is 1.54. The monoisotopic (exact) mass is 250 g/mol. The van der Waals surface area contributed by atoms with Gasteiger partial charge in [-0.1, -0.05) is 0 Å². The molecular weight excluding hydrogens is 236 g/mol. The number of carbonyl (C=O) groups excluding carboxylic acids is 1. The predicted molar refractivity (Wildman–Crippen MR) is 67.4 cm³/mol. The molecule has 0 saturated carbocycles. The molecule has 6 heteroatoms. The molecule has 2 heterocycles. The Kier molecular flexibility index (Phi) is 3.43. The summed E-state index contributed by atoms with van der Waals surface area (Å²) in [6, 6.07) is 2.01. The zero-order valence-corrected chi connectivity index (χ0v) is 10.4. The third kappa shape index (κ3) is 3.07. The van der Waals surface area contributed by atoms with Crippen LogP contribution in [0.2, 0.25) is 0 Å². The van der Waals surface area contributed by atoms with E-state index in [0.29, 0.717) is 12.2 Å². The number of carbonyl (C=O) groups is 1. The highest BCUT2D eigenvalue weighted by molar-refractivity contribution is 7.07. The number of nitrogens with two attached hydrogens (primary N) is 1. The Bertz CT molecular complexity index is 491. The highest BCUT2D eigenvalue weighted by atomic mass is 32.1. The van der Waals surface area contributed by atoms with Gasteiger partial charge in [-0.15, -0.1) is 0 Å². The van der Waals surface area contributed by atoms with Crippen molar-refractivity contribution in [3.63, 3.8) is 0 Å². The number of likely N-dealkylation sites (N-methyl/N-ethyl adjacent to an activating group) is 1. The Hall–Kier alpha value is -1.82. The number of anilines is 1. The lowest BCUT2D eigenvalue weighted by Gasteiger charge is -2.16. The quantitative estimate of drug-likeness (QED) is 0.886. The van der Waals surface area contributed by atoms with Crippen LogP contribution in [-0.2, 0) is 17.9 Å². The van der Waals surface area contributed by atoms with Gasteiger partial charge in [0.15, 0.2) is 0 Å². The van der Waals surface area contributed by atoms with Crippen LogP contribution in [0.5, 0.6) is 0 Å². The first-order valence-electron chi connectivity index (χ1n) is 5.18. The Balaban J connectivity index is 1.91. The summed E-state index contributed by atoms with van der Waals surface area (Å²) in [5.74, 6) is 0.0132. The average Bonchev–Trinajstić information content (AvgIpc) is 2.90. The van der Waals surface area contributed by atoms with Crippen LogP contribution in [-0.4, -0.2) is 27.6 Å². The molecule has 17 heavy (non-hydrogen) atoms. The van der Waals surface area contributed by atoms with Crippen LogP contribution in [0.25, 0.3) is 0 Å². The highest BCUT2D eigenvalue weighted by Crippen LogP contribution is 2.09. The fraction of sp³-hybridized carbons (Fsp3) is 0.273. The molecule has 2 aromatic rings. The molecule has 0 aliphatic carbocycles. The van der Waals surface area contributed by atoms with E-state index in [0.717, 1.165) is 5.56 Å². The number of rotatable bonds is 4. The van der Waals surface area contributed by atoms with Crippen LogP contribution in [0.4, 0.5) is 5.69 Å². The van der Waals surface area contributed by atoms with E-state index in [2.05, 4.69) is 5.10 Å². The van der Waals surface area contributed by atoms with Crippen LogP contribution in [0.3, 0.4) is 0 Å². The second-order valence-corrected chi connectivity index (χ2v) is 4.63. The second kappa shape index (κ2) is 5.01. The van der Waals surface area contributed by atoms with Crippen LogP contribution < -0.4 is 5.73 Å². The first-order valence-corrected chi connectivity index (χ1v) is 6.12. The maximum absolute atomic E-state index is 11.9. The molecule has 0 bridgehead atoms. The number of nitrogen functional groups attached to an aromatic ring is 1. The van der Waals surface area contributed by atoms with Crippen molar-refractivity contribution in [2.75, 3.05) is 12.8 Å². The summed E-state index contributed by atoms with van der Waals surface area (Å²) in [6.45, 7) is 0.844. The molecule has 0 spiro atoms. The van der Waals surface area contributed by atoms with E-state index < -0.39 is 0 Å². The number of aromatic nitrogens is 2. The number of amides is 1. The van der Waals surface area contributed by atoms with Gasteiger partial charge in [0.25, 0.3) is 0 Å². The van der Waals surface area contributed by atoms with Crippen molar-refractivity contribution >= 4 is 22.9 Å². The van der Waals surface area contributed by atoms with Crippen LogP contribution in [0, 0.1) is 0 Å². The molecule has 0 aliphatic rings. The lowest BCUT2D eigenvalue weighted by atomic mass is 10.3. The number of nitrogens with zero attached hydrogens (tertiary/aromatic N) is 3. The van der Waals surface area contributed by atoms with Gasteiger partial charge >= 0.3 is 0 Å². The lowest BCUT2D eigenvalue weighted by Crippen LogP contribution is -2.29. The van der Waals surface area contributed by atoms with Crippen molar-refractivity contribution in [3.8, 4) is 0 Å². The predicted octanol–water partition coefficient (Wildman–Crippen LogP) is 1.19. The van der Waals surface area contributed by atoms with E-state index in [1.807, 2.05) is 16.8 Å². The fourth-order valence-electron chi connectivity index (χ4n) is 1.47. The fourth-order valence-corrected chi connectivity index (χ4v) is 2.13. The van der Waals surface area contributed by atoms with Gasteiger partial charge in [-0.3, -0.25) is 9.48 Å². The summed E-state index contributed by atoms with van der Waals surface area (Å²) in [4.78, 5) is 13.6. The smallest absolute Gasteiger partial charge is 0.244 e. The summed E-state index contributed by atoms with van der Waals surface area (Å²) in [5, 5.41) is 8.02. The van der Waals surface area contributed by atoms with E-state index in [1.54, 1.807) is 34.2 Å². The van der Waals surface area contributed by atoms with Gasteiger partial charge in [-0.2, -0.15) is 16.4 Å². The molecule has 0 fully saturated rings. The molecule has 0 saturated heterocycles. The van der Waals surface area contributed by atoms with E-state index in [1.165, 1.54) is 6.20 Å². The summed E-state index contributed by atoms with van der Waals surface area (Å²) in [7, 11) is 1.78. The molecule has 90 valence electrons. The van der Waals surface area contributed by atoms with Gasteiger partial charge in [-0.05, 0) is 22.4 Å². The molecule has 5 nitrogen and oxygen atoms in total. The van der Waals surface area contributed by atoms with Crippen molar-refractivity contribution in [3.05, 3.63) is 34.8 Å². The summed E-state index contributed by atoms with van der Waals surface area (Å²) in [6.07, 6.45) is 3.18. The van der Waals surface area contributed by atoms with E-state index in [9.17, 15) is 4.79 Å². The zero-order valence-electron chi connectivity index (χ0n) is 9.54. The lowest BCUT2D eigenvalue weighted by molar-refractivity contribution is -0.131. The average molecular weight is 250 g/mol. The van der Waals surface area contributed by atoms with Crippen molar-refractivity contribution in [2.24, 2.45) is 0 Å². The molecule has 0 unspecified atom stereocenters. The number of hydrogen-bond donors (Lipinski definition) is 1.